The van der Waals surface area contributed by atoms with Crippen molar-refractivity contribution >= 4 is 33.4 Å². The van der Waals surface area contributed by atoms with Gasteiger partial charge < -0.3 is 9.47 Å². The Bertz CT molecular complexity index is 1000. The van der Waals surface area contributed by atoms with Crippen molar-refractivity contribution in [3.05, 3.63) is 39.9 Å². The Morgan fingerprint density at radius 2 is 2.04 bits per heavy atom. The van der Waals surface area contributed by atoms with Crippen LogP contribution in [0.15, 0.2) is 27.3 Å². The number of benzene rings is 1. The molecule has 0 aliphatic carbocycles. The second-order valence-corrected chi connectivity index (χ2v) is 7.21. The first-order valence-corrected chi connectivity index (χ1v) is 9.47. The van der Waals surface area contributed by atoms with Crippen molar-refractivity contribution in [2.45, 2.75) is 17.3 Å². The Balaban J connectivity index is 2.16. The van der Waals surface area contributed by atoms with E-state index in [9.17, 15) is 13.6 Å². The molecule has 0 aliphatic rings. The van der Waals surface area contributed by atoms with Crippen molar-refractivity contribution < 1.29 is 18.3 Å². The van der Waals surface area contributed by atoms with Crippen molar-refractivity contribution in [3.63, 3.8) is 0 Å². The number of ether oxygens (including phenoxy) is 2. The third kappa shape index (κ3) is 3.38. The van der Waals surface area contributed by atoms with Gasteiger partial charge in [-0.3, -0.25) is 9.36 Å². The molecule has 3 rings (SSSR count). The first-order valence-electron chi connectivity index (χ1n) is 7.42. The standard InChI is InChI=1S/C16H15F2N3O3S2/c1-23-9-5-4-8(10(6-9)24-2)7-21-13(12(17)18)20-14-11(15(21)22)19-16(25-3)26-14/h4-6,12H,7H2,1-3H3. The largest absolute Gasteiger partial charge is 0.497 e. The highest BCUT2D eigenvalue weighted by atomic mass is 32.2. The monoisotopic (exact) mass is 399 g/mol. The number of thiazole rings is 1. The van der Waals surface area contributed by atoms with E-state index in [1.54, 1.807) is 24.5 Å². The van der Waals surface area contributed by atoms with Gasteiger partial charge in [-0.1, -0.05) is 23.1 Å². The molecule has 0 unspecified atom stereocenters. The van der Waals surface area contributed by atoms with Crippen LogP contribution >= 0.6 is 23.1 Å². The second-order valence-electron chi connectivity index (χ2n) is 5.18. The number of halogens is 2. The number of fused-ring (bicyclic) bond motifs is 1. The van der Waals surface area contributed by atoms with Gasteiger partial charge in [0.15, 0.2) is 20.5 Å². The molecule has 10 heteroatoms. The number of nitrogens with zero attached hydrogens (tertiary/aromatic N) is 3. The van der Waals surface area contributed by atoms with Gasteiger partial charge in [-0.15, -0.1) is 0 Å². The number of rotatable bonds is 6. The normalized spacial score (nSPS) is 11.3. The lowest BCUT2D eigenvalue weighted by Crippen LogP contribution is -2.26. The fourth-order valence-corrected chi connectivity index (χ4v) is 3.89. The van der Waals surface area contributed by atoms with Crippen molar-refractivity contribution in [3.8, 4) is 11.5 Å². The molecule has 6 nitrogen and oxygen atoms in total. The van der Waals surface area contributed by atoms with E-state index >= 15 is 0 Å². The van der Waals surface area contributed by atoms with Gasteiger partial charge in [-0.2, -0.15) is 0 Å². The second kappa shape index (κ2) is 7.58. The van der Waals surface area contributed by atoms with E-state index in [1.165, 1.54) is 26.0 Å². The number of methoxy groups -OCH3 is 2. The minimum Gasteiger partial charge on any atom is -0.497 e. The van der Waals surface area contributed by atoms with Crippen LogP contribution in [-0.4, -0.2) is 35.0 Å². The fraction of sp³-hybridized carbons (Fsp3) is 0.312. The Labute approximate surface area is 155 Å². The van der Waals surface area contributed by atoms with Crippen LogP contribution in [0.5, 0.6) is 11.5 Å². The van der Waals surface area contributed by atoms with Crippen LogP contribution in [0.2, 0.25) is 0 Å². The maximum Gasteiger partial charge on any atom is 0.295 e. The molecule has 0 bridgehead atoms. The minimum atomic E-state index is -2.89. The van der Waals surface area contributed by atoms with E-state index in [0.29, 0.717) is 21.4 Å². The van der Waals surface area contributed by atoms with Gasteiger partial charge in [0.1, 0.15) is 11.5 Å². The molecule has 0 amide bonds. The molecule has 0 saturated heterocycles. The molecule has 0 aliphatic heterocycles. The highest BCUT2D eigenvalue weighted by Gasteiger charge is 2.22. The maximum atomic E-state index is 13.5. The molecule has 26 heavy (non-hydrogen) atoms. The first-order chi connectivity index (χ1) is 12.5. The SMILES string of the molecule is COc1ccc(Cn2c(C(F)F)nc3sc(SC)nc3c2=O)c(OC)c1. The molecule has 0 radical (unpaired) electrons. The molecule has 0 saturated carbocycles. The Morgan fingerprint density at radius 1 is 1.27 bits per heavy atom. The van der Waals surface area contributed by atoms with Crippen molar-refractivity contribution in [2.24, 2.45) is 0 Å². The fourth-order valence-electron chi connectivity index (χ4n) is 2.46. The van der Waals surface area contributed by atoms with Crippen LogP contribution in [0.3, 0.4) is 0 Å². The smallest absolute Gasteiger partial charge is 0.295 e. The van der Waals surface area contributed by atoms with Crippen LogP contribution < -0.4 is 15.0 Å². The van der Waals surface area contributed by atoms with E-state index < -0.39 is 17.8 Å². The summed E-state index contributed by atoms with van der Waals surface area (Å²) >= 11 is 2.46. The van der Waals surface area contributed by atoms with Crippen molar-refractivity contribution in [2.75, 3.05) is 20.5 Å². The van der Waals surface area contributed by atoms with Crippen LogP contribution in [0.4, 0.5) is 8.78 Å². The molecule has 1 aromatic carbocycles. The average molecular weight is 399 g/mol. The summed E-state index contributed by atoms with van der Waals surface area (Å²) in [5.41, 5.74) is 0.0507. The summed E-state index contributed by atoms with van der Waals surface area (Å²) in [7, 11) is 2.97. The number of aromatic nitrogens is 3. The minimum absolute atomic E-state index is 0.0937. The molecule has 0 spiro atoms. The lowest BCUT2D eigenvalue weighted by atomic mass is 10.2. The molecule has 138 valence electrons. The highest BCUT2D eigenvalue weighted by Crippen LogP contribution is 2.29. The van der Waals surface area contributed by atoms with Gasteiger partial charge in [-0.25, -0.2) is 18.7 Å². The molecular formula is C16H15F2N3O3S2. The summed E-state index contributed by atoms with van der Waals surface area (Å²) in [5, 5.41) is 0. The lowest BCUT2D eigenvalue weighted by molar-refractivity contribution is 0.134. The van der Waals surface area contributed by atoms with E-state index in [0.717, 1.165) is 15.9 Å². The Hall–Kier alpha value is -2.20. The summed E-state index contributed by atoms with van der Waals surface area (Å²) in [5.74, 6) is 0.404. The van der Waals surface area contributed by atoms with Crippen LogP contribution in [0, 0.1) is 0 Å². The lowest BCUT2D eigenvalue weighted by Gasteiger charge is -2.14. The number of hydrogen-bond acceptors (Lipinski definition) is 7. The van der Waals surface area contributed by atoms with Gasteiger partial charge in [0.25, 0.3) is 12.0 Å². The summed E-state index contributed by atoms with van der Waals surface area (Å²) in [4.78, 5) is 21.2. The van der Waals surface area contributed by atoms with E-state index in [-0.39, 0.29) is 16.9 Å². The van der Waals surface area contributed by atoms with Crippen molar-refractivity contribution in [1.82, 2.24) is 14.5 Å². The molecule has 0 atom stereocenters. The van der Waals surface area contributed by atoms with Gasteiger partial charge in [0.05, 0.1) is 20.8 Å². The number of alkyl halides is 2. The third-order valence-electron chi connectivity index (χ3n) is 3.72. The molecule has 2 aromatic heterocycles. The first kappa shape index (κ1) is 18.6. The molecule has 0 fully saturated rings. The summed E-state index contributed by atoms with van der Waals surface area (Å²) in [6.07, 6.45) is -1.09. The number of hydrogen-bond donors (Lipinski definition) is 0. The summed E-state index contributed by atoms with van der Waals surface area (Å²) in [6, 6.07) is 4.96. The van der Waals surface area contributed by atoms with E-state index in [2.05, 4.69) is 9.97 Å². The quantitative estimate of drug-likeness (QED) is 0.591. The Morgan fingerprint density at radius 3 is 2.65 bits per heavy atom. The Kier molecular flexibility index (Phi) is 5.42. The van der Waals surface area contributed by atoms with Crippen LogP contribution in [0.1, 0.15) is 17.8 Å². The molecule has 2 heterocycles. The average Bonchev–Trinajstić information content (AvgIpc) is 3.07. The molecule has 3 aromatic rings. The van der Waals surface area contributed by atoms with Crippen LogP contribution in [0.25, 0.3) is 10.3 Å². The third-order valence-corrected chi connectivity index (χ3v) is 5.66. The summed E-state index contributed by atoms with van der Waals surface area (Å²) in [6.45, 7) is -0.110. The zero-order valence-electron chi connectivity index (χ0n) is 14.2. The predicted molar refractivity (Wildman–Crippen MR) is 97.1 cm³/mol. The van der Waals surface area contributed by atoms with E-state index in [1.807, 2.05) is 0 Å². The number of thioether (sulfide) groups is 1. The van der Waals surface area contributed by atoms with Gasteiger partial charge >= 0.3 is 0 Å². The molecule has 0 N–H and O–H groups in total. The summed E-state index contributed by atoms with van der Waals surface area (Å²) < 4.78 is 39.0. The predicted octanol–water partition coefficient (Wildman–Crippen LogP) is 3.58. The topological polar surface area (TPSA) is 66.2 Å². The van der Waals surface area contributed by atoms with Crippen LogP contribution in [-0.2, 0) is 6.54 Å². The van der Waals surface area contributed by atoms with E-state index in [4.69, 9.17) is 9.47 Å². The van der Waals surface area contributed by atoms with Crippen molar-refractivity contribution in [1.29, 1.82) is 0 Å². The maximum absolute atomic E-state index is 13.5. The highest BCUT2D eigenvalue weighted by molar-refractivity contribution is 8.00. The zero-order chi connectivity index (χ0) is 18.8. The zero-order valence-corrected chi connectivity index (χ0v) is 15.8. The van der Waals surface area contributed by atoms with Gasteiger partial charge in [0, 0.05) is 11.6 Å². The molecular weight excluding hydrogens is 384 g/mol. The van der Waals surface area contributed by atoms with Gasteiger partial charge in [-0.05, 0) is 18.4 Å². The van der Waals surface area contributed by atoms with Gasteiger partial charge in [0.2, 0.25) is 0 Å².